The van der Waals surface area contributed by atoms with Crippen LogP contribution < -0.4 is 5.32 Å². The Morgan fingerprint density at radius 2 is 2.12 bits per heavy atom. The molecular formula is C13H17N3O. The van der Waals surface area contributed by atoms with E-state index in [2.05, 4.69) is 21.8 Å². The minimum Gasteiger partial charge on any atom is -0.508 e. The van der Waals surface area contributed by atoms with Crippen LogP contribution in [0.1, 0.15) is 18.3 Å². The number of phenols is 1. The van der Waals surface area contributed by atoms with E-state index < -0.39 is 0 Å². The first kappa shape index (κ1) is 11.7. The highest BCUT2D eigenvalue weighted by molar-refractivity contribution is 5.31. The molecule has 2 aromatic rings. The van der Waals surface area contributed by atoms with Gasteiger partial charge in [0.15, 0.2) is 0 Å². The van der Waals surface area contributed by atoms with Crippen LogP contribution in [0.3, 0.4) is 0 Å². The first-order chi connectivity index (χ1) is 8.31. The van der Waals surface area contributed by atoms with E-state index >= 15 is 0 Å². The van der Waals surface area contributed by atoms with E-state index in [4.69, 9.17) is 0 Å². The van der Waals surface area contributed by atoms with Crippen molar-refractivity contribution < 1.29 is 5.11 Å². The van der Waals surface area contributed by atoms with Crippen LogP contribution in [-0.2, 0) is 19.6 Å². The SMILES string of the molecule is CCn1ccnc1CNCc1ccccc1O. The normalized spacial score (nSPS) is 10.6. The fourth-order valence-electron chi connectivity index (χ4n) is 1.76. The van der Waals surface area contributed by atoms with Crippen LogP contribution in [0.15, 0.2) is 36.7 Å². The molecule has 1 heterocycles. The Balaban J connectivity index is 1.90. The number of aryl methyl sites for hydroxylation is 1. The van der Waals surface area contributed by atoms with Crippen molar-refractivity contribution >= 4 is 0 Å². The molecule has 0 radical (unpaired) electrons. The van der Waals surface area contributed by atoms with Crippen molar-refractivity contribution in [3.63, 3.8) is 0 Å². The van der Waals surface area contributed by atoms with E-state index in [0.717, 1.165) is 17.9 Å². The Bertz CT molecular complexity index is 479. The zero-order valence-corrected chi connectivity index (χ0v) is 9.93. The van der Waals surface area contributed by atoms with Crippen LogP contribution in [0.25, 0.3) is 0 Å². The number of aromatic nitrogens is 2. The highest BCUT2D eigenvalue weighted by atomic mass is 16.3. The molecule has 0 aliphatic rings. The third kappa shape index (κ3) is 2.85. The molecule has 2 N–H and O–H groups in total. The zero-order valence-electron chi connectivity index (χ0n) is 9.93. The van der Waals surface area contributed by atoms with Crippen LogP contribution >= 0.6 is 0 Å². The second-order valence-electron chi connectivity index (χ2n) is 3.86. The van der Waals surface area contributed by atoms with Crippen molar-refractivity contribution in [1.29, 1.82) is 0 Å². The number of rotatable bonds is 5. The zero-order chi connectivity index (χ0) is 12.1. The number of imidazole rings is 1. The highest BCUT2D eigenvalue weighted by Gasteiger charge is 2.02. The van der Waals surface area contributed by atoms with Crippen LogP contribution in [0, 0.1) is 0 Å². The second-order valence-corrected chi connectivity index (χ2v) is 3.86. The summed E-state index contributed by atoms with van der Waals surface area (Å²) < 4.78 is 2.10. The van der Waals surface area contributed by atoms with Gasteiger partial charge < -0.3 is 15.0 Å². The highest BCUT2D eigenvalue weighted by Crippen LogP contribution is 2.14. The minimum atomic E-state index is 0.332. The van der Waals surface area contributed by atoms with Gasteiger partial charge in [-0.3, -0.25) is 0 Å². The molecule has 0 saturated heterocycles. The summed E-state index contributed by atoms with van der Waals surface area (Å²) in [5.74, 6) is 1.35. The summed E-state index contributed by atoms with van der Waals surface area (Å²) in [5.41, 5.74) is 0.905. The summed E-state index contributed by atoms with van der Waals surface area (Å²) in [6.45, 7) is 4.36. The van der Waals surface area contributed by atoms with Crippen molar-refractivity contribution in [2.45, 2.75) is 26.6 Å². The lowest BCUT2D eigenvalue weighted by molar-refractivity contribution is 0.463. The largest absolute Gasteiger partial charge is 0.508 e. The Kier molecular flexibility index (Phi) is 3.77. The van der Waals surface area contributed by atoms with Gasteiger partial charge in [0.25, 0.3) is 0 Å². The van der Waals surface area contributed by atoms with Gasteiger partial charge in [0.05, 0.1) is 6.54 Å². The first-order valence-electron chi connectivity index (χ1n) is 5.79. The van der Waals surface area contributed by atoms with Crippen molar-refractivity contribution in [2.75, 3.05) is 0 Å². The van der Waals surface area contributed by atoms with Gasteiger partial charge in [0, 0.05) is 31.0 Å². The third-order valence-electron chi connectivity index (χ3n) is 2.73. The molecule has 0 saturated carbocycles. The minimum absolute atomic E-state index is 0.332. The lowest BCUT2D eigenvalue weighted by atomic mass is 10.2. The van der Waals surface area contributed by atoms with Gasteiger partial charge in [-0.2, -0.15) is 0 Å². The Morgan fingerprint density at radius 3 is 2.88 bits per heavy atom. The number of aromatic hydroxyl groups is 1. The quantitative estimate of drug-likeness (QED) is 0.826. The van der Waals surface area contributed by atoms with Crippen molar-refractivity contribution in [2.24, 2.45) is 0 Å². The Labute approximate surface area is 101 Å². The van der Waals surface area contributed by atoms with E-state index in [0.29, 0.717) is 18.8 Å². The molecule has 1 aromatic heterocycles. The third-order valence-corrected chi connectivity index (χ3v) is 2.73. The molecule has 0 fully saturated rings. The van der Waals surface area contributed by atoms with Crippen LogP contribution in [0.2, 0.25) is 0 Å². The van der Waals surface area contributed by atoms with Gasteiger partial charge in [-0.25, -0.2) is 4.98 Å². The van der Waals surface area contributed by atoms with E-state index in [1.54, 1.807) is 12.3 Å². The van der Waals surface area contributed by atoms with Gasteiger partial charge in [-0.15, -0.1) is 0 Å². The monoisotopic (exact) mass is 231 g/mol. The van der Waals surface area contributed by atoms with Crippen LogP contribution in [-0.4, -0.2) is 14.7 Å². The summed E-state index contributed by atoms with van der Waals surface area (Å²) in [6, 6.07) is 7.35. The van der Waals surface area contributed by atoms with Gasteiger partial charge in [0.1, 0.15) is 11.6 Å². The molecule has 17 heavy (non-hydrogen) atoms. The summed E-state index contributed by atoms with van der Waals surface area (Å²) >= 11 is 0. The molecule has 4 nitrogen and oxygen atoms in total. The van der Waals surface area contributed by atoms with Crippen molar-refractivity contribution in [3.8, 4) is 5.75 Å². The van der Waals surface area contributed by atoms with E-state index in [1.165, 1.54) is 0 Å². The maximum Gasteiger partial charge on any atom is 0.122 e. The number of hydrogen-bond acceptors (Lipinski definition) is 3. The molecule has 0 amide bonds. The van der Waals surface area contributed by atoms with Gasteiger partial charge >= 0.3 is 0 Å². The van der Waals surface area contributed by atoms with Gasteiger partial charge in [-0.1, -0.05) is 18.2 Å². The number of hydrogen-bond donors (Lipinski definition) is 2. The molecule has 0 bridgehead atoms. The maximum atomic E-state index is 9.61. The summed E-state index contributed by atoms with van der Waals surface area (Å²) in [7, 11) is 0. The number of para-hydroxylation sites is 1. The molecule has 0 spiro atoms. The lowest BCUT2D eigenvalue weighted by Gasteiger charge is -2.07. The molecule has 0 aliphatic heterocycles. The number of nitrogens with zero attached hydrogens (tertiary/aromatic N) is 2. The second kappa shape index (κ2) is 5.50. The maximum absolute atomic E-state index is 9.61. The number of benzene rings is 1. The summed E-state index contributed by atoms with van der Waals surface area (Å²) in [4.78, 5) is 4.28. The first-order valence-corrected chi connectivity index (χ1v) is 5.79. The topological polar surface area (TPSA) is 50.1 Å². The van der Waals surface area contributed by atoms with Crippen molar-refractivity contribution in [3.05, 3.63) is 48.0 Å². The molecule has 0 atom stereocenters. The molecule has 2 rings (SSSR count). The standard InChI is InChI=1S/C13H17N3O/c1-2-16-8-7-15-13(16)10-14-9-11-5-3-4-6-12(11)17/h3-8,14,17H,2,9-10H2,1H3. The molecule has 90 valence electrons. The number of nitrogens with one attached hydrogen (secondary N) is 1. The molecule has 1 aromatic carbocycles. The van der Waals surface area contributed by atoms with Gasteiger partial charge in [0.2, 0.25) is 0 Å². The number of phenolic OH excluding ortho intramolecular Hbond substituents is 1. The predicted molar refractivity (Wildman–Crippen MR) is 66.6 cm³/mol. The summed E-state index contributed by atoms with van der Waals surface area (Å²) in [5, 5.41) is 12.9. The smallest absolute Gasteiger partial charge is 0.122 e. The molecule has 4 heteroatoms. The van der Waals surface area contributed by atoms with E-state index in [9.17, 15) is 5.11 Å². The average molecular weight is 231 g/mol. The van der Waals surface area contributed by atoms with Gasteiger partial charge in [-0.05, 0) is 13.0 Å². The Morgan fingerprint density at radius 1 is 1.29 bits per heavy atom. The fraction of sp³-hybridized carbons (Fsp3) is 0.308. The van der Waals surface area contributed by atoms with E-state index in [-0.39, 0.29) is 0 Å². The summed E-state index contributed by atoms with van der Waals surface area (Å²) in [6.07, 6.45) is 3.78. The molecule has 0 unspecified atom stereocenters. The van der Waals surface area contributed by atoms with Crippen LogP contribution in [0.4, 0.5) is 0 Å². The predicted octanol–water partition coefficient (Wildman–Crippen LogP) is 1.90. The van der Waals surface area contributed by atoms with Crippen LogP contribution in [0.5, 0.6) is 5.75 Å². The fourth-order valence-corrected chi connectivity index (χ4v) is 1.76. The lowest BCUT2D eigenvalue weighted by Crippen LogP contribution is -2.16. The molecular weight excluding hydrogens is 214 g/mol. The van der Waals surface area contributed by atoms with Crippen molar-refractivity contribution in [1.82, 2.24) is 14.9 Å². The molecule has 0 aliphatic carbocycles. The Hall–Kier alpha value is -1.81. The average Bonchev–Trinajstić information content (AvgIpc) is 2.79. The van der Waals surface area contributed by atoms with E-state index in [1.807, 2.05) is 24.4 Å².